The Morgan fingerprint density at radius 2 is 1.89 bits per heavy atom. The summed E-state index contributed by atoms with van der Waals surface area (Å²) in [4.78, 5) is 0. The number of aryl methyl sites for hydroxylation is 1. The largest absolute Gasteiger partial charge is 0.494 e. The van der Waals surface area contributed by atoms with Crippen LogP contribution in [0.2, 0.25) is 0 Å². The maximum atomic E-state index is 5.64. The summed E-state index contributed by atoms with van der Waals surface area (Å²) >= 11 is 0. The molecule has 0 aromatic heterocycles. The summed E-state index contributed by atoms with van der Waals surface area (Å²) in [6.07, 6.45) is 1.68. The third kappa shape index (κ3) is 4.17. The van der Waals surface area contributed by atoms with Crippen LogP contribution in [0.1, 0.15) is 18.4 Å². The van der Waals surface area contributed by atoms with Crippen molar-refractivity contribution in [3.8, 4) is 5.75 Å². The molecule has 1 heterocycles. The number of ether oxygens (including phenoxy) is 3. The number of rotatable bonds is 5. The van der Waals surface area contributed by atoms with Crippen LogP contribution in [0, 0.1) is 6.92 Å². The molecule has 1 aliphatic rings. The highest BCUT2D eigenvalue weighted by Crippen LogP contribution is 2.15. The molecule has 1 fully saturated rings. The predicted molar refractivity (Wildman–Crippen MR) is 70.7 cm³/mol. The zero-order valence-electron chi connectivity index (χ0n) is 10.9. The molecule has 18 heavy (non-hydrogen) atoms. The van der Waals surface area contributed by atoms with Crippen LogP contribution in [0.4, 0.5) is 0 Å². The van der Waals surface area contributed by atoms with Gasteiger partial charge in [-0.05, 0) is 31.1 Å². The molecular weight excluding hydrogens is 228 g/mol. The molecule has 1 saturated heterocycles. The molecule has 1 aromatic carbocycles. The second-order valence-corrected chi connectivity index (χ2v) is 4.61. The van der Waals surface area contributed by atoms with Gasteiger partial charge in [-0.2, -0.15) is 0 Å². The maximum Gasteiger partial charge on any atom is 0.158 e. The van der Waals surface area contributed by atoms with E-state index in [9.17, 15) is 0 Å². The van der Waals surface area contributed by atoms with Gasteiger partial charge in [-0.3, -0.25) is 0 Å². The number of hydrogen-bond donors (Lipinski definition) is 0. The third-order valence-electron chi connectivity index (χ3n) is 2.82. The van der Waals surface area contributed by atoms with Gasteiger partial charge in [0.1, 0.15) is 5.75 Å². The molecule has 0 bridgehead atoms. The highest BCUT2D eigenvalue weighted by atomic mass is 16.7. The van der Waals surface area contributed by atoms with Gasteiger partial charge < -0.3 is 14.2 Å². The topological polar surface area (TPSA) is 27.7 Å². The fourth-order valence-electron chi connectivity index (χ4n) is 1.75. The molecule has 3 heteroatoms. The average molecular weight is 248 g/mol. The summed E-state index contributed by atoms with van der Waals surface area (Å²) in [7, 11) is 0. The molecule has 98 valence electrons. The molecule has 0 atom stereocenters. The first-order valence-corrected chi connectivity index (χ1v) is 6.33. The van der Waals surface area contributed by atoms with Crippen LogP contribution >= 0.6 is 0 Å². The molecule has 0 aliphatic carbocycles. The summed E-state index contributed by atoms with van der Waals surface area (Å²) in [6, 6.07) is 8.09. The second-order valence-electron chi connectivity index (χ2n) is 4.61. The minimum atomic E-state index is -0.0999. The van der Waals surface area contributed by atoms with E-state index in [4.69, 9.17) is 14.2 Å². The summed E-state index contributed by atoms with van der Waals surface area (Å²) in [5.41, 5.74) is 2.24. The van der Waals surface area contributed by atoms with Crippen LogP contribution in [-0.4, -0.2) is 26.1 Å². The van der Waals surface area contributed by atoms with Crippen LogP contribution < -0.4 is 4.74 Å². The SMILES string of the molecule is C=C1COC(CCCOc2ccc(C)cc2)OC1. The summed E-state index contributed by atoms with van der Waals surface area (Å²) in [5, 5.41) is 0. The lowest BCUT2D eigenvalue weighted by molar-refractivity contribution is -0.160. The fraction of sp³-hybridized carbons (Fsp3) is 0.467. The quantitative estimate of drug-likeness (QED) is 0.592. The molecule has 1 aromatic rings. The monoisotopic (exact) mass is 248 g/mol. The molecule has 0 saturated carbocycles. The van der Waals surface area contributed by atoms with E-state index < -0.39 is 0 Å². The van der Waals surface area contributed by atoms with Crippen molar-refractivity contribution < 1.29 is 14.2 Å². The van der Waals surface area contributed by atoms with Crippen LogP contribution in [0.25, 0.3) is 0 Å². The van der Waals surface area contributed by atoms with Gasteiger partial charge in [0.25, 0.3) is 0 Å². The van der Waals surface area contributed by atoms with Gasteiger partial charge in [-0.1, -0.05) is 24.3 Å². The van der Waals surface area contributed by atoms with Crippen molar-refractivity contribution >= 4 is 0 Å². The zero-order chi connectivity index (χ0) is 12.8. The molecule has 0 N–H and O–H groups in total. The van der Waals surface area contributed by atoms with E-state index in [1.54, 1.807) is 0 Å². The molecule has 2 rings (SSSR count). The number of hydrogen-bond acceptors (Lipinski definition) is 3. The Hall–Kier alpha value is -1.32. The van der Waals surface area contributed by atoms with Gasteiger partial charge in [0, 0.05) is 6.42 Å². The van der Waals surface area contributed by atoms with Gasteiger partial charge in [-0.15, -0.1) is 0 Å². The van der Waals surface area contributed by atoms with E-state index in [2.05, 4.69) is 13.5 Å². The Morgan fingerprint density at radius 1 is 1.22 bits per heavy atom. The molecule has 3 nitrogen and oxygen atoms in total. The fourth-order valence-corrected chi connectivity index (χ4v) is 1.75. The normalized spacial score (nSPS) is 16.8. The first kappa shape index (κ1) is 13.1. The van der Waals surface area contributed by atoms with E-state index in [1.807, 2.05) is 24.3 Å². The Labute approximate surface area is 108 Å². The van der Waals surface area contributed by atoms with E-state index in [1.165, 1.54) is 5.56 Å². The zero-order valence-corrected chi connectivity index (χ0v) is 10.9. The second kappa shape index (κ2) is 6.57. The molecule has 0 spiro atoms. The van der Waals surface area contributed by atoms with Crippen molar-refractivity contribution in [2.24, 2.45) is 0 Å². The Kier molecular flexibility index (Phi) is 4.79. The Morgan fingerprint density at radius 3 is 2.56 bits per heavy atom. The molecule has 0 amide bonds. The third-order valence-corrected chi connectivity index (χ3v) is 2.82. The van der Waals surface area contributed by atoms with Crippen molar-refractivity contribution in [2.75, 3.05) is 19.8 Å². The van der Waals surface area contributed by atoms with Crippen LogP contribution in [0.5, 0.6) is 5.75 Å². The van der Waals surface area contributed by atoms with E-state index in [0.29, 0.717) is 19.8 Å². The van der Waals surface area contributed by atoms with Crippen LogP contribution in [0.15, 0.2) is 36.4 Å². The van der Waals surface area contributed by atoms with Crippen molar-refractivity contribution in [3.05, 3.63) is 42.0 Å². The predicted octanol–water partition coefficient (Wildman–Crippen LogP) is 3.08. The number of benzene rings is 1. The van der Waals surface area contributed by atoms with Gasteiger partial charge in [0.2, 0.25) is 0 Å². The molecule has 1 aliphatic heterocycles. The molecule has 0 unspecified atom stereocenters. The minimum Gasteiger partial charge on any atom is -0.494 e. The highest BCUT2D eigenvalue weighted by molar-refractivity contribution is 5.26. The lowest BCUT2D eigenvalue weighted by atomic mass is 10.2. The lowest BCUT2D eigenvalue weighted by Gasteiger charge is -2.24. The van der Waals surface area contributed by atoms with Gasteiger partial charge in [0.15, 0.2) is 6.29 Å². The van der Waals surface area contributed by atoms with Crippen molar-refractivity contribution in [1.82, 2.24) is 0 Å². The summed E-state index contributed by atoms with van der Waals surface area (Å²) < 4.78 is 16.6. The van der Waals surface area contributed by atoms with Gasteiger partial charge in [0.05, 0.1) is 19.8 Å². The van der Waals surface area contributed by atoms with E-state index >= 15 is 0 Å². The Balaban J connectivity index is 1.61. The average Bonchev–Trinajstić information content (AvgIpc) is 2.39. The summed E-state index contributed by atoms with van der Waals surface area (Å²) in [6.45, 7) is 7.80. The van der Waals surface area contributed by atoms with Crippen molar-refractivity contribution in [3.63, 3.8) is 0 Å². The van der Waals surface area contributed by atoms with Crippen molar-refractivity contribution in [2.45, 2.75) is 26.1 Å². The van der Waals surface area contributed by atoms with E-state index in [0.717, 1.165) is 24.2 Å². The van der Waals surface area contributed by atoms with Crippen LogP contribution in [0.3, 0.4) is 0 Å². The van der Waals surface area contributed by atoms with Crippen molar-refractivity contribution in [1.29, 1.82) is 0 Å². The first-order valence-electron chi connectivity index (χ1n) is 6.33. The van der Waals surface area contributed by atoms with Crippen LogP contribution in [-0.2, 0) is 9.47 Å². The summed E-state index contributed by atoms with van der Waals surface area (Å²) in [5.74, 6) is 0.916. The minimum absolute atomic E-state index is 0.0999. The standard InChI is InChI=1S/C15H20O3/c1-12-5-7-14(8-6-12)16-9-3-4-15-17-10-13(2)11-18-15/h5-8,15H,2-4,9-11H2,1H3. The van der Waals surface area contributed by atoms with Gasteiger partial charge >= 0.3 is 0 Å². The lowest BCUT2D eigenvalue weighted by Crippen LogP contribution is -2.26. The first-order chi connectivity index (χ1) is 8.74. The molecule has 0 radical (unpaired) electrons. The smallest absolute Gasteiger partial charge is 0.158 e. The van der Waals surface area contributed by atoms with E-state index in [-0.39, 0.29) is 6.29 Å². The highest BCUT2D eigenvalue weighted by Gasteiger charge is 2.15. The maximum absolute atomic E-state index is 5.64. The Bertz CT molecular complexity index is 373. The van der Waals surface area contributed by atoms with Gasteiger partial charge in [-0.25, -0.2) is 0 Å². The molecular formula is C15H20O3.